The predicted octanol–water partition coefficient (Wildman–Crippen LogP) is 1.75. The lowest BCUT2D eigenvalue weighted by Gasteiger charge is -2.05. The standard InChI is InChI=1S/C7H11ClN2S/c8-7-2-1-6(11-7)5(10)3-4-9/h1-2,5H,3-4,9-10H2. The number of hydrogen-bond acceptors (Lipinski definition) is 3. The zero-order valence-corrected chi connectivity index (χ0v) is 7.66. The maximum atomic E-state index is 5.79. The minimum Gasteiger partial charge on any atom is -0.330 e. The van der Waals surface area contributed by atoms with Gasteiger partial charge in [0.25, 0.3) is 0 Å². The molecule has 0 fully saturated rings. The summed E-state index contributed by atoms with van der Waals surface area (Å²) >= 11 is 7.26. The molecule has 1 aromatic heterocycles. The van der Waals surface area contributed by atoms with E-state index in [1.54, 1.807) is 0 Å². The third-order valence-corrected chi connectivity index (χ3v) is 2.80. The van der Waals surface area contributed by atoms with Crippen molar-refractivity contribution in [1.29, 1.82) is 0 Å². The molecule has 0 bridgehead atoms. The summed E-state index contributed by atoms with van der Waals surface area (Å²) in [4.78, 5) is 1.11. The minimum absolute atomic E-state index is 0.0532. The first-order chi connectivity index (χ1) is 5.24. The molecule has 0 aliphatic heterocycles. The molecule has 0 saturated heterocycles. The second-order valence-electron chi connectivity index (χ2n) is 2.33. The molecule has 1 atom stereocenters. The van der Waals surface area contributed by atoms with Crippen LogP contribution < -0.4 is 11.5 Å². The number of nitrogens with two attached hydrogens (primary N) is 2. The Kier molecular flexibility index (Phi) is 3.33. The zero-order valence-electron chi connectivity index (χ0n) is 6.09. The van der Waals surface area contributed by atoms with Gasteiger partial charge in [0.2, 0.25) is 0 Å². The molecule has 0 aromatic carbocycles. The van der Waals surface area contributed by atoms with E-state index < -0.39 is 0 Å². The molecule has 0 spiro atoms. The zero-order chi connectivity index (χ0) is 8.27. The maximum Gasteiger partial charge on any atom is 0.0931 e. The molecule has 0 amide bonds. The van der Waals surface area contributed by atoms with Gasteiger partial charge in [-0.25, -0.2) is 0 Å². The first-order valence-corrected chi connectivity index (χ1v) is 4.64. The van der Waals surface area contributed by atoms with Crippen LogP contribution in [0.25, 0.3) is 0 Å². The fraction of sp³-hybridized carbons (Fsp3) is 0.429. The van der Waals surface area contributed by atoms with Crippen molar-refractivity contribution < 1.29 is 0 Å². The fourth-order valence-electron chi connectivity index (χ4n) is 0.849. The van der Waals surface area contributed by atoms with Gasteiger partial charge in [0.1, 0.15) is 0 Å². The van der Waals surface area contributed by atoms with Crippen LogP contribution in [0, 0.1) is 0 Å². The van der Waals surface area contributed by atoms with Gasteiger partial charge in [-0.05, 0) is 25.1 Å². The van der Waals surface area contributed by atoms with E-state index >= 15 is 0 Å². The van der Waals surface area contributed by atoms with E-state index in [1.807, 2.05) is 12.1 Å². The Labute approximate surface area is 75.1 Å². The lowest BCUT2D eigenvalue weighted by Crippen LogP contribution is -2.13. The van der Waals surface area contributed by atoms with Crippen molar-refractivity contribution >= 4 is 22.9 Å². The van der Waals surface area contributed by atoms with Crippen LogP contribution in [-0.4, -0.2) is 6.54 Å². The third kappa shape index (κ3) is 2.45. The molecular weight excluding hydrogens is 180 g/mol. The van der Waals surface area contributed by atoms with Crippen molar-refractivity contribution in [2.75, 3.05) is 6.54 Å². The van der Waals surface area contributed by atoms with Gasteiger partial charge in [-0.2, -0.15) is 0 Å². The van der Waals surface area contributed by atoms with Gasteiger partial charge >= 0.3 is 0 Å². The average molecular weight is 191 g/mol. The average Bonchev–Trinajstić information content (AvgIpc) is 2.36. The Bertz CT molecular complexity index is 224. The number of halogens is 1. The number of rotatable bonds is 3. The van der Waals surface area contributed by atoms with Crippen molar-refractivity contribution in [2.45, 2.75) is 12.5 Å². The van der Waals surface area contributed by atoms with E-state index in [-0.39, 0.29) is 6.04 Å². The quantitative estimate of drug-likeness (QED) is 0.763. The number of thiophene rings is 1. The molecule has 1 unspecified atom stereocenters. The van der Waals surface area contributed by atoms with Crippen molar-refractivity contribution in [3.8, 4) is 0 Å². The molecule has 1 heterocycles. The Hall–Kier alpha value is -0.0900. The molecule has 1 aromatic rings. The monoisotopic (exact) mass is 190 g/mol. The SMILES string of the molecule is NCCC(N)c1ccc(Cl)s1. The lowest BCUT2D eigenvalue weighted by molar-refractivity contribution is 0.672. The summed E-state index contributed by atoms with van der Waals surface area (Å²) in [7, 11) is 0. The highest BCUT2D eigenvalue weighted by Gasteiger charge is 2.06. The van der Waals surface area contributed by atoms with E-state index in [4.69, 9.17) is 23.1 Å². The molecule has 0 radical (unpaired) electrons. The maximum absolute atomic E-state index is 5.79. The molecule has 11 heavy (non-hydrogen) atoms. The van der Waals surface area contributed by atoms with Crippen LogP contribution in [0.1, 0.15) is 17.3 Å². The van der Waals surface area contributed by atoms with Crippen molar-refractivity contribution in [3.05, 3.63) is 21.3 Å². The molecular formula is C7H11ClN2S. The number of hydrogen-bond donors (Lipinski definition) is 2. The van der Waals surface area contributed by atoms with E-state index in [1.165, 1.54) is 11.3 Å². The topological polar surface area (TPSA) is 52.0 Å². The van der Waals surface area contributed by atoms with E-state index in [9.17, 15) is 0 Å². The largest absolute Gasteiger partial charge is 0.330 e. The van der Waals surface area contributed by atoms with Gasteiger partial charge in [-0.15, -0.1) is 11.3 Å². The Morgan fingerprint density at radius 2 is 2.27 bits per heavy atom. The van der Waals surface area contributed by atoms with Crippen molar-refractivity contribution in [3.63, 3.8) is 0 Å². The Morgan fingerprint density at radius 1 is 1.55 bits per heavy atom. The molecule has 4 heteroatoms. The second kappa shape index (κ2) is 4.07. The first kappa shape index (κ1) is 9.00. The summed E-state index contributed by atoms with van der Waals surface area (Å²) in [5, 5.41) is 0. The van der Waals surface area contributed by atoms with Gasteiger partial charge in [0.05, 0.1) is 4.34 Å². The molecule has 62 valence electrons. The van der Waals surface area contributed by atoms with Crippen LogP contribution in [0.4, 0.5) is 0 Å². The van der Waals surface area contributed by atoms with E-state index in [2.05, 4.69) is 0 Å². The summed E-state index contributed by atoms with van der Waals surface area (Å²) in [6.45, 7) is 0.622. The van der Waals surface area contributed by atoms with Crippen LogP contribution >= 0.6 is 22.9 Å². The first-order valence-electron chi connectivity index (χ1n) is 3.45. The molecule has 2 nitrogen and oxygen atoms in total. The van der Waals surface area contributed by atoms with E-state index in [0.29, 0.717) is 6.54 Å². The molecule has 0 aliphatic carbocycles. The van der Waals surface area contributed by atoms with Gasteiger partial charge in [0.15, 0.2) is 0 Å². The van der Waals surface area contributed by atoms with Gasteiger partial charge in [-0.1, -0.05) is 11.6 Å². The molecule has 1 rings (SSSR count). The highest BCUT2D eigenvalue weighted by molar-refractivity contribution is 7.16. The molecule has 0 aliphatic rings. The molecule has 0 saturated carbocycles. The minimum atomic E-state index is 0.0532. The summed E-state index contributed by atoms with van der Waals surface area (Å²) in [5.74, 6) is 0. The van der Waals surface area contributed by atoms with Crippen molar-refractivity contribution in [1.82, 2.24) is 0 Å². The van der Waals surface area contributed by atoms with Gasteiger partial charge in [0, 0.05) is 10.9 Å². The van der Waals surface area contributed by atoms with Crippen LogP contribution in [0.15, 0.2) is 12.1 Å². The van der Waals surface area contributed by atoms with Crippen LogP contribution in [-0.2, 0) is 0 Å². The van der Waals surface area contributed by atoms with Crippen LogP contribution in [0.3, 0.4) is 0 Å². The van der Waals surface area contributed by atoms with Crippen molar-refractivity contribution in [2.24, 2.45) is 11.5 Å². The van der Waals surface area contributed by atoms with Gasteiger partial charge in [-0.3, -0.25) is 0 Å². The normalized spacial score (nSPS) is 13.4. The summed E-state index contributed by atoms with van der Waals surface area (Å²) in [6.07, 6.45) is 0.816. The van der Waals surface area contributed by atoms with Crippen LogP contribution in [0.5, 0.6) is 0 Å². The Morgan fingerprint density at radius 3 is 2.73 bits per heavy atom. The highest BCUT2D eigenvalue weighted by atomic mass is 35.5. The summed E-state index contributed by atoms with van der Waals surface area (Å²) in [5.41, 5.74) is 11.2. The van der Waals surface area contributed by atoms with Crippen LogP contribution in [0.2, 0.25) is 4.34 Å². The predicted molar refractivity (Wildman–Crippen MR) is 49.9 cm³/mol. The Balaban J connectivity index is 2.60. The van der Waals surface area contributed by atoms with Gasteiger partial charge < -0.3 is 11.5 Å². The lowest BCUT2D eigenvalue weighted by atomic mass is 10.2. The summed E-state index contributed by atoms with van der Waals surface area (Å²) in [6, 6.07) is 3.86. The fourth-order valence-corrected chi connectivity index (χ4v) is 1.95. The van der Waals surface area contributed by atoms with E-state index in [0.717, 1.165) is 15.6 Å². The molecule has 4 N–H and O–H groups in total. The highest BCUT2D eigenvalue weighted by Crippen LogP contribution is 2.26. The summed E-state index contributed by atoms with van der Waals surface area (Å²) < 4.78 is 0.785. The smallest absolute Gasteiger partial charge is 0.0931 e. The second-order valence-corrected chi connectivity index (χ2v) is 4.07. The third-order valence-electron chi connectivity index (χ3n) is 1.44.